The van der Waals surface area contributed by atoms with E-state index in [1.54, 1.807) is 11.8 Å². The molecule has 2 nitrogen and oxygen atoms in total. The molecule has 3 heteroatoms. The van der Waals surface area contributed by atoms with Gasteiger partial charge >= 0.3 is 0 Å². The number of thioether (sulfide) groups is 1. The van der Waals surface area contributed by atoms with E-state index in [2.05, 4.69) is 55.2 Å². The normalized spacial score (nSPS) is 12.4. The van der Waals surface area contributed by atoms with Gasteiger partial charge in [-0.15, -0.1) is 0 Å². The van der Waals surface area contributed by atoms with Crippen LogP contribution < -0.4 is 5.73 Å². The standard InChI is InChI=1S/C16H20N2S/c1-11-5-4-6-14(8-11)15(10-17)19-16-9-12(2)7-13(3)18-16/h4-9,15H,10,17H2,1-3H3. The van der Waals surface area contributed by atoms with Crippen molar-refractivity contribution in [3.8, 4) is 0 Å². The molecule has 0 aliphatic heterocycles. The fourth-order valence-corrected chi connectivity index (χ4v) is 3.25. The first-order valence-corrected chi connectivity index (χ1v) is 7.35. The fraction of sp³-hybridized carbons (Fsp3) is 0.312. The summed E-state index contributed by atoms with van der Waals surface area (Å²) in [5.41, 5.74) is 10.8. The first-order valence-electron chi connectivity index (χ1n) is 6.47. The summed E-state index contributed by atoms with van der Waals surface area (Å²) >= 11 is 1.74. The van der Waals surface area contributed by atoms with Gasteiger partial charge in [0.05, 0.1) is 5.03 Å². The minimum atomic E-state index is 0.258. The minimum absolute atomic E-state index is 0.258. The Hall–Kier alpha value is -1.32. The van der Waals surface area contributed by atoms with E-state index in [-0.39, 0.29) is 5.25 Å². The van der Waals surface area contributed by atoms with E-state index in [1.807, 2.05) is 6.92 Å². The lowest BCUT2D eigenvalue weighted by molar-refractivity contribution is 0.929. The average Bonchev–Trinajstić information content (AvgIpc) is 2.34. The maximum atomic E-state index is 5.93. The zero-order valence-corrected chi connectivity index (χ0v) is 12.5. The smallest absolute Gasteiger partial charge is 0.0972 e. The van der Waals surface area contributed by atoms with Gasteiger partial charge in [-0.2, -0.15) is 0 Å². The van der Waals surface area contributed by atoms with E-state index in [9.17, 15) is 0 Å². The molecular weight excluding hydrogens is 252 g/mol. The van der Waals surface area contributed by atoms with Crippen molar-refractivity contribution >= 4 is 11.8 Å². The zero-order chi connectivity index (χ0) is 13.8. The van der Waals surface area contributed by atoms with Gasteiger partial charge in [-0.1, -0.05) is 41.6 Å². The Kier molecular flexibility index (Phi) is 4.61. The van der Waals surface area contributed by atoms with Crippen molar-refractivity contribution in [2.24, 2.45) is 5.73 Å². The summed E-state index contributed by atoms with van der Waals surface area (Å²) in [6.45, 7) is 6.85. The number of pyridine rings is 1. The van der Waals surface area contributed by atoms with Crippen molar-refractivity contribution in [2.75, 3.05) is 6.54 Å². The second kappa shape index (κ2) is 6.22. The molecule has 0 spiro atoms. The van der Waals surface area contributed by atoms with Crippen molar-refractivity contribution in [3.63, 3.8) is 0 Å². The summed E-state index contributed by atoms with van der Waals surface area (Å²) in [4.78, 5) is 4.58. The Bertz CT molecular complexity index is 546. The van der Waals surface area contributed by atoms with Gasteiger partial charge in [-0.05, 0) is 44.0 Å². The highest BCUT2D eigenvalue weighted by atomic mass is 32.2. The first kappa shape index (κ1) is 14.1. The Morgan fingerprint density at radius 3 is 2.53 bits per heavy atom. The van der Waals surface area contributed by atoms with Gasteiger partial charge in [0.2, 0.25) is 0 Å². The van der Waals surface area contributed by atoms with Crippen LogP contribution in [0.2, 0.25) is 0 Å². The van der Waals surface area contributed by atoms with E-state index in [0.717, 1.165) is 10.7 Å². The first-order chi connectivity index (χ1) is 9.08. The number of hydrogen-bond acceptors (Lipinski definition) is 3. The number of nitrogens with zero attached hydrogens (tertiary/aromatic N) is 1. The van der Waals surface area contributed by atoms with Crippen molar-refractivity contribution in [3.05, 3.63) is 58.8 Å². The molecule has 1 unspecified atom stereocenters. The Labute approximate surface area is 119 Å². The van der Waals surface area contributed by atoms with E-state index in [1.165, 1.54) is 16.7 Å². The third kappa shape index (κ3) is 3.82. The molecule has 0 saturated carbocycles. The average molecular weight is 272 g/mol. The summed E-state index contributed by atoms with van der Waals surface area (Å²) in [6, 6.07) is 12.7. The molecule has 1 atom stereocenters. The molecule has 0 fully saturated rings. The molecule has 0 amide bonds. The third-order valence-corrected chi connectivity index (χ3v) is 4.17. The Balaban J connectivity index is 2.23. The summed E-state index contributed by atoms with van der Waals surface area (Å²) in [5, 5.41) is 1.31. The molecule has 0 radical (unpaired) electrons. The molecule has 0 bridgehead atoms. The summed E-state index contributed by atoms with van der Waals surface area (Å²) in [5.74, 6) is 0. The SMILES string of the molecule is Cc1cccc(C(CN)Sc2cc(C)cc(C)n2)c1. The minimum Gasteiger partial charge on any atom is -0.329 e. The van der Waals surface area contributed by atoms with E-state index < -0.39 is 0 Å². The van der Waals surface area contributed by atoms with Crippen LogP contribution in [0.5, 0.6) is 0 Å². The van der Waals surface area contributed by atoms with Gasteiger partial charge in [-0.3, -0.25) is 0 Å². The second-order valence-corrected chi connectivity index (χ2v) is 6.10. The van der Waals surface area contributed by atoms with E-state index in [4.69, 9.17) is 5.73 Å². The van der Waals surface area contributed by atoms with Gasteiger partial charge in [0.25, 0.3) is 0 Å². The zero-order valence-electron chi connectivity index (χ0n) is 11.7. The van der Waals surface area contributed by atoms with Crippen molar-refractivity contribution < 1.29 is 0 Å². The molecular formula is C16H20N2S. The molecule has 0 aliphatic carbocycles. The molecule has 100 valence electrons. The topological polar surface area (TPSA) is 38.9 Å². The van der Waals surface area contributed by atoms with Crippen LogP contribution in [0.1, 0.15) is 27.6 Å². The number of nitrogens with two attached hydrogens (primary N) is 1. The number of hydrogen-bond donors (Lipinski definition) is 1. The van der Waals surface area contributed by atoms with Crippen LogP contribution in [-0.2, 0) is 0 Å². The number of rotatable bonds is 4. The number of aromatic nitrogens is 1. The second-order valence-electron chi connectivity index (χ2n) is 4.88. The molecule has 19 heavy (non-hydrogen) atoms. The highest BCUT2D eigenvalue weighted by Gasteiger charge is 2.12. The number of benzene rings is 1. The maximum absolute atomic E-state index is 5.93. The van der Waals surface area contributed by atoms with Crippen LogP contribution >= 0.6 is 11.8 Å². The lowest BCUT2D eigenvalue weighted by Gasteiger charge is -2.15. The van der Waals surface area contributed by atoms with Crippen LogP contribution in [0.15, 0.2) is 41.4 Å². The molecule has 2 N–H and O–H groups in total. The van der Waals surface area contributed by atoms with E-state index >= 15 is 0 Å². The molecule has 1 heterocycles. The van der Waals surface area contributed by atoms with Crippen molar-refractivity contribution in [1.29, 1.82) is 0 Å². The third-order valence-electron chi connectivity index (χ3n) is 2.97. The molecule has 1 aromatic carbocycles. The predicted molar refractivity (Wildman–Crippen MR) is 82.5 cm³/mol. The van der Waals surface area contributed by atoms with Crippen LogP contribution in [0.3, 0.4) is 0 Å². The largest absolute Gasteiger partial charge is 0.329 e. The van der Waals surface area contributed by atoms with Crippen LogP contribution in [-0.4, -0.2) is 11.5 Å². The van der Waals surface area contributed by atoms with Gasteiger partial charge in [-0.25, -0.2) is 4.98 Å². The lowest BCUT2D eigenvalue weighted by atomic mass is 10.1. The molecule has 2 rings (SSSR count). The van der Waals surface area contributed by atoms with Crippen LogP contribution in [0.25, 0.3) is 0 Å². The summed E-state index contributed by atoms with van der Waals surface area (Å²) in [7, 11) is 0. The molecule has 1 aromatic heterocycles. The van der Waals surface area contributed by atoms with Crippen molar-refractivity contribution in [1.82, 2.24) is 4.98 Å². The number of aryl methyl sites for hydroxylation is 3. The van der Waals surface area contributed by atoms with Crippen LogP contribution in [0.4, 0.5) is 0 Å². The molecule has 0 saturated heterocycles. The van der Waals surface area contributed by atoms with Crippen molar-refractivity contribution in [2.45, 2.75) is 31.0 Å². The predicted octanol–water partition coefficient (Wildman–Crippen LogP) is 3.80. The van der Waals surface area contributed by atoms with Crippen LogP contribution in [0, 0.1) is 20.8 Å². The van der Waals surface area contributed by atoms with Gasteiger partial charge in [0.1, 0.15) is 0 Å². The fourth-order valence-electron chi connectivity index (χ4n) is 2.13. The molecule has 0 aliphatic rings. The summed E-state index contributed by atoms with van der Waals surface area (Å²) in [6.07, 6.45) is 0. The summed E-state index contributed by atoms with van der Waals surface area (Å²) < 4.78 is 0. The quantitative estimate of drug-likeness (QED) is 0.860. The monoisotopic (exact) mass is 272 g/mol. The van der Waals surface area contributed by atoms with Gasteiger partial charge in [0, 0.05) is 17.5 Å². The highest BCUT2D eigenvalue weighted by Crippen LogP contribution is 2.34. The molecule has 2 aromatic rings. The Morgan fingerprint density at radius 1 is 1.11 bits per heavy atom. The lowest BCUT2D eigenvalue weighted by Crippen LogP contribution is -2.09. The Morgan fingerprint density at radius 2 is 1.89 bits per heavy atom. The maximum Gasteiger partial charge on any atom is 0.0972 e. The highest BCUT2D eigenvalue weighted by molar-refractivity contribution is 7.99. The van der Waals surface area contributed by atoms with Gasteiger partial charge < -0.3 is 5.73 Å². The van der Waals surface area contributed by atoms with Gasteiger partial charge in [0.15, 0.2) is 0 Å². The van der Waals surface area contributed by atoms with E-state index in [0.29, 0.717) is 6.54 Å².